The van der Waals surface area contributed by atoms with Gasteiger partial charge in [-0.1, -0.05) is 48.9 Å². The van der Waals surface area contributed by atoms with Crippen LogP contribution in [0.25, 0.3) is 6.08 Å². The van der Waals surface area contributed by atoms with Crippen LogP contribution in [0.2, 0.25) is 0 Å². The van der Waals surface area contributed by atoms with E-state index in [0.717, 1.165) is 32.4 Å². The Morgan fingerprint density at radius 3 is 2.89 bits per heavy atom. The largest absolute Gasteiger partial charge is 0.468 e. The number of hydrogen-bond acceptors (Lipinski definition) is 3. The molecular weight excluding hydrogens is 238 g/mol. The summed E-state index contributed by atoms with van der Waals surface area (Å²) in [4.78, 5) is 13.9. The van der Waals surface area contributed by atoms with Gasteiger partial charge in [-0.15, -0.1) is 0 Å². The normalized spacial score (nSPS) is 20.6. The molecule has 0 saturated carbocycles. The van der Waals surface area contributed by atoms with E-state index in [4.69, 9.17) is 4.74 Å². The Balaban J connectivity index is 1.93. The van der Waals surface area contributed by atoms with Gasteiger partial charge in [-0.05, 0) is 24.9 Å². The number of esters is 1. The Hall–Kier alpha value is -1.61. The second-order valence-corrected chi connectivity index (χ2v) is 4.84. The second-order valence-electron chi connectivity index (χ2n) is 4.84. The molecule has 1 aliphatic heterocycles. The molecule has 1 atom stereocenters. The van der Waals surface area contributed by atoms with Crippen LogP contribution in [0.5, 0.6) is 0 Å². The summed E-state index contributed by atoms with van der Waals surface area (Å²) in [5.41, 5.74) is 1.19. The van der Waals surface area contributed by atoms with Gasteiger partial charge in [0.1, 0.15) is 6.04 Å². The molecule has 0 aliphatic carbocycles. The molecule has 3 heteroatoms. The maximum absolute atomic E-state index is 11.7. The molecule has 0 spiro atoms. The Kier molecular flexibility index (Phi) is 5.16. The van der Waals surface area contributed by atoms with Crippen LogP contribution in [0.3, 0.4) is 0 Å². The number of rotatable bonds is 4. The van der Waals surface area contributed by atoms with Crippen molar-refractivity contribution in [2.75, 3.05) is 20.2 Å². The summed E-state index contributed by atoms with van der Waals surface area (Å²) >= 11 is 0. The molecule has 0 bridgehead atoms. The Morgan fingerprint density at radius 1 is 1.37 bits per heavy atom. The van der Waals surface area contributed by atoms with Crippen molar-refractivity contribution in [3.05, 3.63) is 42.0 Å². The number of hydrogen-bond donors (Lipinski definition) is 0. The van der Waals surface area contributed by atoms with Gasteiger partial charge in [0.05, 0.1) is 7.11 Å². The lowest BCUT2D eigenvalue weighted by molar-refractivity contribution is -0.148. The molecule has 1 heterocycles. The first-order valence-electron chi connectivity index (χ1n) is 6.85. The third-order valence-electron chi connectivity index (χ3n) is 3.54. The first-order chi connectivity index (χ1) is 9.31. The molecule has 1 aromatic carbocycles. The molecule has 1 aliphatic rings. The fourth-order valence-electron chi connectivity index (χ4n) is 2.50. The average Bonchev–Trinajstić information content (AvgIpc) is 2.48. The molecule has 1 fully saturated rings. The third-order valence-corrected chi connectivity index (χ3v) is 3.54. The molecule has 0 unspecified atom stereocenters. The van der Waals surface area contributed by atoms with Crippen LogP contribution >= 0.6 is 0 Å². The van der Waals surface area contributed by atoms with Gasteiger partial charge < -0.3 is 4.74 Å². The lowest BCUT2D eigenvalue weighted by Crippen LogP contribution is -2.45. The molecule has 2 rings (SSSR count). The predicted octanol–water partition coefficient (Wildman–Crippen LogP) is 2.73. The van der Waals surface area contributed by atoms with E-state index in [1.54, 1.807) is 0 Å². The molecule has 1 saturated heterocycles. The van der Waals surface area contributed by atoms with E-state index in [1.165, 1.54) is 12.7 Å². The summed E-state index contributed by atoms with van der Waals surface area (Å²) < 4.78 is 4.88. The molecule has 0 aromatic heterocycles. The Morgan fingerprint density at radius 2 is 2.16 bits per heavy atom. The highest BCUT2D eigenvalue weighted by molar-refractivity contribution is 5.75. The van der Waals surface area contributed by atoms with Gasteiger partial charge in [-0.25, -0.2) is 0 Å². The molecule has 3 nitrogen and oxygen atoms in total. The number of likely N-dealkylation sites (tertiary alicyclic amines) is 1. The lowest BCUT2D eigenvalue weighted by Gasteiger charge is -2.32. The fraction of sp³-hybridized carbons (Fsp3) is 0.438. The van der Waals surface area contributed by atoms with Gasteiger partial charge in [-0.3, -0.25) is 9.69 Å². The summed E-state index contributed by atoms with van der Waals surface area (Å²) in [5.74, 6) is -0.104. The number of nitrogens with zero attached hydrogens (tertiary/aromatic N) is 1. The molecule has 0 N–H and O–H groups in total. The lowest BCUT2D eigenvalue weighted by atomic mass is 10.0. The van der Waals surface area contributed by atoms with Gasteiger partial charge in [0.2, 0.25) is 0 Å². The summed E-state index contributed by atoms with van der Waals surface area (Å²) in [5, 5.41) is 0. The van der Waals surface area contributed by atoms with Crippen molar-refractivity contribution in [1.29, 1.82) is 0 Å². The van der Waals surface area contributed by atoms with Crippen molar-refractivity contribution in [3.63, 3.8) is 0 Å². The smallest absolute Gasteiger partial charge is 0.323 e. The van der Waals surface area contributed by atoms with Gasteiger partial charge >= 0.3 is 5.97 Å². The average molecular weight is 259 g/mol. The van der Waals surface area contributed by atoms with Crippen molar-refractivity contribution in [2.45, 2.75) is 25.3 Å². The monoisotopic (exact) mass is 259 g/mol. The minimum Gasteiger partial charge on any atom is -0.468 e. The number of methoxy groups -OCH3 is 1. The number of piperidine rings is 1. The third kappa shape index (κ3) is 3.93. The molecule has 0 radical (unpaired) electrons. The summed E-state index contributed by atoms with van der Waals surface area (Å²) in [7, 11) is 1.47. The van der Waals surface area contributed by atoms with E-state index >= 15 is 0 Å². The minimum atomic E-state index is -0.104. The molecular formula is C16H21NO2. The number of benzene rings is 1. The van der Waals surface area contributed by atoms with Crippen LogP contribution in [0.4, 0.5) is 0 Å². The zero-order valence-electron chi connectivity index (χ0n) is 11.4. The zero-order valence-corrected chi connectivity index (χ0v) is 11.4. The number of carbonyl (C=O) groups is 1. The van der Waals surface area contributed by atoms with Crippen molar-refractivity contribution in [3.8, 4) is 0 Å². The van der Waals surface area contributed by atoms with Crippen LogP contribution in [-0.2, 0) is 9.53 Å². The van der Waals surface area contributed by atoms with Crippen LogP contribution in [-0.4, -0.2) is 37.1 Å². The zero-order chi connectivity index (χ0) is 13.5. The number of carbonyl (C=O) groups excluding carboxylic acids is 1. The number of ether oxygens (including phenoxy) is 1. The molecule has 1 aromatic rings. The fourth-order valence-corrected chi connectivity index (χ4v) is 2.50. The first kappa shape index (κ1) is 13.8. The van der Waals surface area contributed by atoms with Crippen LogP contribution in [0.1, 0.15) is 24.8 Å². The first-order valence-corrected chi connectivity index (χ1v) is 6.85. The van der Waals surface area contributed by atoms with Crippen LogP contribution < -0.4 is 0 Å². The highest BCUT2D eigenvalue weighted by atomic mass is 16.5. The van der Waals surface area contributed by atoms with E-state index in [2.05, 4.69) is 29.2 Å². The van der Waals surface area contributed by atoms with Gasteiger partial charge in [0.15, 0.2) is 0 Å². The van der Waals surface area contributed by atoms with E-state index in [-0.39, 0.29) is 12.0 Å². The highest BCUT2D eigenvalue weighted by Gasteiger charge is 2.28. The van der Waals surface area contributed by atoms with Gasteiger partial charge in [-0.2, -0.15) is 0 Å². The summed E-state index contributed by atoms with van der Waals surface area (Å²) in [6, 6.07) is 10.1. The van der Waals surface area contributed by atoms with Crippen molar-refractivity contribution in [2.24, 2.45) is 0 Å². The quantitative estimate of drug-likeness (QED) is 0.779. The van der Waals surface area contributed by atoms with Crippen molar-refractivity contribution in [1.82, 2.24) is 4.90 Å². The highest BCUT2D eigenvalue weighted by Crippen LogP contribution is 2.18. The van der Waals surface area contributed by atoms with Gasteiger partial charge in [0.25, 0.3) is 0 Å². The predicted molar refractivity (Wildman–Crippen MR) is 76.7 cm³/mol. The summed E-state index contributed by atoms with van der Waals surface area (Å²) in [6.45, 7) is 1.77. The SMILES string of the molecule is COC(=O)[C@H]1CCCCN1C/C=C/c1ccccc1. The van der Waals surface area contributed by atoms with E-state index < -0.39 is 0 Å². The maximum Gasteiger partial charge on any atom is 0.323 e. The minimum absolute atomic E-state index is 0.0702. The summed E-state index contributed by atoms with van der Waals surface area (Å²) in [6.07, 6.45) is 7.40. The Labute approximate surface area is 114 Å². The van der Waals surface area contributed by atoms with Crippen molar-refractivity contribution >= 4 is 12.0 Å². The molecule has 0 amide bonds. The van der Waals surface area contributed by atoms with E-state index in [9.17, 15) is 4.79 Å². The van der Waals surface area contributed by atoms with Crippen LogP contribution in [0, 0.1) is 0 Å². The van der Waals surface area contributed by atoms with Gasteiger partial charge in [0, 0.05) is 6.54 Å². The standard InChI is InChI=1S/C16H21NO2/c1-19-16(18)15-11-5-6-12-17(15)13-7-10-14-8-3-2-4-9-14/h2-4,7-10,15H,5-6,11-13H2,1H3/b10-7+/t15-/m1/s1. The molecule has 19 heavy (non-hydrogen) atoms. The second kappa shape index (κ2) is 7.10. The van der Waals surface area contributed by atoms with Crippen molar-refractivity contribution < 1.29 is 9.53 Å². The van der Waals surface area contributed by atoms with Crippen LogP contribution in [0.15, 0.2) is 36.4 Å². The van der Waals surface area contributed by atoms with E-state index in [0.29, 0.717) is 0 Å². The molecule has 102 valence electrons. The van der Waals surface area contributed by atoms with E-state index in [1.807, 2.05) is 18.2 Å². The topological polar surface area (TPSA) is 29.5 Å². The maximum atomic E-state index is 11.7. The Bertz CT molecular complexity index is 428.